The second-order valence-electron chi connectivity index (χ2n) is 10.5. The fourth-order valence-electron chi connectivity index (χ4n) is 5.59. The summed E-state index contributed by atoms with van der Waals surface area (Å²) in [6.07, 6.45) is 1.04. The van der Waals surface area contributed by atoms with E-state index in [0.29, 0.717) is 5.92 Å². The molecule has 0 aromatic heterocycles. The molecule has 0 nitrogen and oxygen atoms in total. The van der Waals surface area contributed by atoms with E-state index in [1.165, 1.54) is 65.7 Å². The SMILES string of the molecule is CCc1ccc2[cH-]c(C(C)C)cc2c1-c1ccccc1-c1ccccc1.[Cl][Zr+2][Cl].[c-]1cccc2c1[Si]c1ccccc1-2. The number of aryl methyl sites for hydroxylation is 1. The Morgan fingerprint density at radius 2 is 1.40 bits per heavy atom. The molecule has 42 heavy (non-hydrogen) atoms. The number of benzene rings is 5. The van der Waals surface area contributed by atoms with Gasteiger partial charge in [-0.25, -0.2) is 0 Å². The van der Waals surface area contributed by atoms with Crippen molar-refractivity contribution in [1.82, 2.24) is 0 Å². The van der Waals surface area contributed by atoms with Crippen molar-refractivity contribution in [3.8, 4) is 33.4 Å². The van der Waals surface area contributed by atoms with Crippen molar-refractivity contribution in [3.63, 3.8) is 0 Å². The van der Waals surface area contributed by atoms with Crippen LogP contribution in [0, 0.1) is 6.07 Å². The molecule has 0 N–H and O–H groups in total. The van der Waals surface area contributed by atoms with Gasteiger partial charge in [-0.15, -0.1) is 40.1 Å². The predicted octanol–water partition coefficient (Wildman–Crippen LogP) is 10.1. The van der Waals surface area contributed by atoms with Gasteiger partial charge in [0.25, 0.3) is 0 Å². The van der Waals surface area contributed by atoms with E-state index in [-0.39, 0.29) is 0 Å². The normalized spacial score (nSPS) is 11.1. The van der Waals surface area contributed by atoms with Crippen molar-refractivity contribution in [2.45, 2.75) is 33.1 Å². The van der Waals surface area contributed by atoms with E-state index in [2.05, 4.69) is 142 Å². The molecule has 0 saturated carbocycles. The first kappa shape index (κ1) is 30.8. The second-order valence-corrected chi connectivity index (χ2v) is 15.5. The van der Waals surface area contributed by atoms with Gasteiger partial charge in [0, 0.05) is 0 Å². The quantitative estimate of drug-likeness (QED) is 0.128. The molecule has 0 saturated heterocycles. The molecule has 0 aliphatic carbocycles. The van der Waals surface area contributed by atoms with E-state index in [0.717, 1.165) is 15.9 Å². The van der Waals surface area contributed by atoms with Crippen LogP contribution in [0.25, 0.3) is 44.2 Å². The zero-order valence-corrected chi connectivity index (χ0v) is 29.1. The molecule has 2 radical (unpaired) electrons. The molecule has 4 heteroatoms. The van der Waals surface area contributed by atoms with Crippen LogP contribution in [0.15, 0.2) is 121 Å². The minimum atomic E-state index is -0.826. The van der Waals surface area contributed by atoms with Gasteiger partial charge in [-0.2, -0.15) is 35.5 Å². The van der Waals surface area contributed by atoms with Gasteiger partial charge in [0.1, 0.15) is 0 Å². The molecule has 0 bridgehead atoms. The second kappa shape index (κ2) is 14.7. The van der Waals surface area contributed by atoms with Crippen LogP contribution in [0.4, 0.5) is 0 Å². The molecule has 0 atom stereocenters. The van der Waals surface area contributed by atoms with Gasteiger partial charge in [0.05, 0.1) is 9.52 Å². The Labute approximate surface area is 271 Å². The number of rotatable bonds is 4. The summed E-state index contributed by atoms with van der Waals surface area (Å²) >= 11 is -0.826. The van der Waals surface area contributed by atoms with Crippen LogP contribution in [0.2, 0.25) is 0 Å². The third-order valence-electron chi connectivity index (χ3n) is 7.66. The third kappa shape index (κ3) is 6.79. The first-order valence-corrected chi connectivity index (χ1v) is 21.6. The third-order valence-corrected chi connectivity index (χ3v) is 9.03. The maximum Gasteiger partial charge on any atom is 0.0920 e. The molecule has 0 spiro atoms. The summed E-state index contributed by atoms with van der Waals surface area (Å²) < 4.78 is 0. The van der Waals surface area contributed by atoms with E-state index < -0.39 is 20.8 Å². The average Bonchev–Trinajstić information content (AvgIpc) is 3.64. The molecule has 0 amide bonds. The Morgan fingerprint density at radius 1 is 0.762 bits per heavy atom. The van der Waals surface area contributed by atoms with Crippen molar-refractivity contribution in [2.24, 2.45) is 0 Å². The van der Waals surface area contributed by atoms with Gasteiger partial charge in [-0.1, -0.05) is 122 Å². The van der Waals surface area contributed by atoms with Crippen LogP contribution < -0.4 is 10.4 Å². The van der Waals surface area contributed by atoms with Crippen molar-refractivity contribution < 1.29 is 20.8 Å². The predicted molar refractivity (Wildman–Crippen MR) is 181 cm³/mol. The fraction of sp³-hybridized carbons (Fsp3) is 0.132. The van der Waals surface area contributed by atoms with Gasteiger partial charge >= 0.3 is 37.9 Å². The van der Waals surface area contributed by atoms with Crippen LogP contribution in [0.5, 0.6) is 0 Å². The topological polar surface area (TPSA) is 0 Å². The zero-order chi connectivity index (χ0) is 29.5. The van der Waals surface area contributed by atoms with Crippen molar-refractivity contribution in [3.05, 3.63) is 139 Å². The largest absolute Gasteiger partial charge is 0.184 e. The van der Waals surface area contributed by atoms with Crippen molar-refractivity contribution in [2.75, 3.05) is 0 Å². The minimum absolute atomic E-state index is 0.546. The zero-order valence-electron chi connectivity index (χ0n) is 24.1. The maximum atomic E-state index is 4.93. The minimum Gasteiger partial charge on any atom is -0.184 e. The molecule has 0 unspecified atom stereocenters. The monoisotopic (exact) mass is 676 g/mol. The van der Waals surface area contributed by atoms with Crippen LogP contribution in [-0.4, -0.2) is 9.52 Å². The van der Waals surface area contributed by atoms with Crippen molar-refractivity contribution in [1.29, 1.82) is 0 Å². The first-order chi connectivity index (χ1) is 20.5. The molecule has 6 aromatic carbocycles. The molecule has 1 aliphatic heterocycles. The molecule has 206 valence electrons. The molecular formula is C38H32Cl2SiZr. The standard InChI is InChI=1S/C26H25.C12H7Si.2ClH.Zr/c1-4-19-14-15-21-16-22(18(2)3)17-25(21)26(19)24-13-9-8-12-23(24)20-10-6-5-7-11-20;1-3-7-11-9(5-1)10-6-2-4-8-12(10)13-11;;;/h5-18H,4H2,1-3H3;1-7H;2*1H;/q2*-1;;;+4/p-2. The van der Waals surface area contributed by atoms with Gasteiger partial charge in [0.15, 0.2) is 0 Å². The van der Waals surface area contributed by atoms with Crippen molar-refractivity contribution >= 4 is 47.7 Å². The summed E-state index contributed by atoms with van der Waals surface area (Å²) in [5.41, 5.74) is 10.9. The summed E-state index contributed by atoms with van der Waals surface area (Å²) in [7, 11) is 10.7. The van der Waals surface area contributed by atoms with Crippen LogP contribution >= 0.6 is 17.0 Å². The molecular weight excluding hydrogens is 647 g/mol. The van der Waals surface area contributed by atoms with E-state index in [9.17, 15) is 0 Å². The molecule has 1 heterocycles. The van der Waals surface area contributed by atoms with E-state index >= 15 is 0 Å². The molecule has 7 rings (SSSR count). The van der Waals surface area contributed by atoms with Crippen LogP contribution in [0.3, 0.4) is 0 Å². The molecule has 1 aliphatic rings. The summed E-state index contributed by atoms with van der Waals surface area (Å²) in [6, 6.07) is 47.1. The smallest absolute Gasteiger partial charge is 0.0920 e. The Hall–Kier alpha value is -2.61. The Morgan fingerprint density at radius 3 is 2.12 bits per heavy atom. The van der Waals surface area contributed by atoms with E-state index in [1.54, 1.807) is 0 Å². The number of hydrogen-bond acceptors (Lipinski definition) is 0. The average molecular weight is 679 g/mol. The summed E-state index contributed by atoms with van der Waals surface area (Å²) in [6.45, 7) is 6.79. The Kier molecular flexibility index (Phi) is 10.8. The number of hydrogen-bond donors (Lipinski definition) is 0. The Balaban J connectivity index is 0.000000183. The molecule has 0 fully saturated rings. The molecule has 6 aromatic rings. The number of halogens is 2. The van der Waals surface area contributed by atoms with Gasteiger partial charge in [-0.3, -0.25) is 0 Å². The van der Waals surface area contributed by atoms with Gasteiger partial charge < -0.3 is 0 Å². The first-order valence-electron chi connectivity index (χ1n) is 14.3. The number of fused-ring (bicyclic) bond motifs is 4. The van der Waals surface area contributed by atoms with Gasteiger partial charge in [0.2, 0.25) is 0 Å². The Bertz CT molecular complexity index is 1730. The maximum absolute atomic E-state index is 4.93. The van der Waals surface area contributed by atoms with Crippen LogP contribution in [-0.2, 0) is 27.3 Å². The fourth-order valence-corrected chi connectivity index (χ4v) is 6.90. The summed E-state index contributed by atoms with van der Waals surface area (Å²) in [5, 5.41) is 5.56. The van der Waals surface area contributed by atoms with Crippen LogP contribution in [0.1, 0.15) is 37.8 Å². The summed E-state index contributed by atoms with van der Waals surface area (Å²) in [4.78, 5) is 0. The van der Waals surface area contributed by atoms with E-state index in [4.69, 9.17) is 17.0 Å². The van der Waals surface area contributed by atoms with E-state index in [1.807, 2.05) is 6.07 Å². The van der Waals surface area contributed by atoms with Gasteiger partial charge in [-0.05, 0) is 29.0 Å². The summed E-state index contributed by atoms with van der Waals surface area (Å²) in [5.74, 6) is 0.546.